The highest BCUT2D eigenvalue weighted by Crippen LogP contribution is 2.19. The number of aliphatic imine (C=N–C) groups is 1. The molecule has 0 fully saturated rings. The quantitative estimate of drug-likeness (QED) is 0.338. The number of hydrogen-bond acceptors (Lipinski definition) is 7. The Morgan fingerprint density at radius 3 is 2.86 bits per heavy atom. The number of benzene rings is 2. The summed E-state index contributed by atoms with van der Waals surface area (Å²) < 4.78 is 0. The van der Waals surface area contributed by atoms with Crippen LogP contribution in [0.3, 0.4) is 0 Å². The van der Waals surface area contributed by atoms with Crippen LogP contribution < -0.4 is 16.1 Å². The minimum absolute atomic E-state index is 0.0673. The van der Waals surface area contributed by atoms with E-state index in [9.17, 15) is 14.7 Å². The van der Waals surface area contributed by atoms with Crippen LogP contribution in [0.25, 0.3) is 0 Å². The number of aromatic hydroxyl groups is 1. The number of rotatable bonds is 6. The molecule has 0 bridgehead atoms. The summed E-state index contributed by atoms with van der Waals surface area (Å²) in [4.78, 5) is 29.4. The van der Waals surface area contributed by atoms with Gasteiger partial charge < -0.3 is 10.4 Å². The summed E-state index contributed by atoms with van der Waals surface area (Å²) in [5, 5.41) is 18.6. The summed E-state index contributed by atoms with van der Waals surface area (Å²) >= 11 is 1.58. The van der Waals surface area contributed by atoms with E-state index in [0.29, 0.717) is 5.69 Å². The second-order valence-electron chi connectivity index (χ2n) is 5.93. The number of anilines is 1. The molecule has 0 spiro atoms. The number of thioether (sulfide) groups is 1. The molecule has 2 aromatic rings. The highest BCUT2D eigenvalue weighted by atomic mass is 32.2. The zero-order valence-corrected chi connectivity index (χ0v) is 15.9. The van der Waals surface area contributed by atoms with E-state index in [1.165, 1.54) is 6.21 Å². The third-order valence-electron chi connectivity index (χ3n) is 3.84. The zero-order valence-electron chi connectivity index (χ0n) is 15.0. The molecule has 9 heteroatoms. The van der Waals surface area contributed by atoms with E-state index >= 15 is 0 Å². The third kappa shape index (κ3) is 5.34. The van der Waals surface area contributed by atoms with Crippen molar-refractivity contribution in [1.29, 1.82) is 0 Å². The Bertz CT molecular complexity index is 927. The van der Waals surface area contributed by atoms with Crippen LogP contribution in [0.4, 0.5) is 5.69 Å². The highest BCUT2D eigenvalue weighted by molar-refractivity contribution is 7.98. The molecule has 4 N–H and O–H groups in total. The first-order chi connectivity index (χ1) is 13.5. The molecular weight excluding hydrogens is 378 g/mol. The van der Waals surface area contributed by atoms with Crippen LogP contribution in [0.15, 0.2) is 63.5 Å². The van der Waals surface area contributed by atoms with Gasteiger partial charge in [0.05, 0.1) is 12.6 Å². The lowest BCUT2D eigenvalue weighted by molar-refractivity contribution is -0.123. The Kier molecular flexibility index (Phi) is 6.28. The number of nitrogens with zero attached hydrogens (tertiary/aromatic N) is 2. The number of hydrogen-bond donors (Lipinski definition) is 4. The van der Waals surface area contributed by atoms with E-state index in [1.807, 2.05) is 24.5 Å². The normalized spacial score (nSPS) is 16.0. The molecule has 0 aliphatic carbocycles. The van der Waals surface area contributed by atoms with E-state index in [-0.39, 0.29) is 29.9 Å². The average molecular weight is 397 g/mol. The number of hydrazone groups is 1. The van der Waals surface area contributed by atoms with Crippen molar-refractivity contribution in [1.82, 2.24) is 10.7 Å². The SMILES string of the molecule is CSc1cccc(NC(=O)C[C@@H]2N=C(N/N=C\c3ccc(O)cc3)NC2=O)c1. The molecule has 0 aromatic heterocycles. The van der Waals surface area contributed by atoms with Gasteiger partial charge in [0, 0.05) is 10.6 Å². The Labute approximate surface area is 166 Å². The molecule has 0 saturated carbocycles. The molecule has 0 unspecified atom stereocenters. The maximum atomic E-state index is 12.2. The molecule has 144 valence electrons. The number of nitrogens with one attached hydrogen (secondary N) is 3. The summed E-state index contributed by atoms with van der Waals surface area (Å²) in [5.74, 6) is -0.313. The molecule has 0 saturated heterocycles. The molecule has 1 atom stereocenters. The summed E-state index contributed by atoms with van der Waals surface area (Å²) in [6, 6.07) is 13.1. The van der Waals surface area contributed by atoms with Crippen molar-refractivity contribution in [3.63, 3.8) is 0 Å². The van der Waals surface area contributed by atoms with Gasteiger partial charge in [-0.3, -0.25) is 14.9 Å². The topological polar surface area (TPSA) is 115 Å². The summed E-state index contributed by atoms with van der Waals surface area (Å²) in [6.07, 6.45) is 3.41. The van der Waals surface area contributed by atoms with E-state index in [2.05, 4.69) is 26.2 Å². The van der Waals surface area contributed by atoms with Crippen molar-refractivity contribution in [3.8, 4) is 5.75 Å². The molecule has 1 aliphatic rings. The summed E-state index contributed by atoms with van der Waals surface area (Å²) in [7, 11) is 0. The van der Waals surface area contributed by atoms with E-state index in [0.717, 1.165) is 10.5 Å². The first-order valence-corrected chi connectivity index (χ1v) is 9.66. The number of phenolic OH excluding ortho intramolecular Hbond substituents is 1. The molecule has 0 radical (unpaired) electrons. The zero-order chi connectivity index (χ0) is 19.9. The predicted molar refractivity (Wildman–Crippen MR) is 110 cm³/mol. The lowest BCUT2D eigenvalue weighted by atomic mass is 10.2. The van der Waals surface area contributed by atoms with Gasteiger partial charge in [0.15, 0.2) is 0 Å². The van der Waals surface area contributed by atoms with Crippen LogP contribution in [0.2, 0.25) is 0 Å². The van der Waals surface area contributed by atoms with Crippen LogP contribution in [0, 0.1) is 0 Å². The monoisotopic (exact) mass is 397 g/mol. The fourth-order valence-electron chi connectivity index (χ4n) is 2.46. The lowest BCUT2D eigenvalue weighted by Gasteiger charge is -2.07. The molecule has 2 amide bonds. The van der Waals surface area contributed by atoms with Crippen LogP contribution in [0.1, 0.15) is 12.0 Å². The second kappa shape index (κ2) is 9.05. The minimum atomic E-state index is -0.810. The third-order valence-corrected chi connectivity index (χ3v) is 4.56. The van der Waals surface area contributed by atoms with Gasteiger partial charge in [-0.05, 0) is 54.3 Å². The molecule has 1 aliphatic heterocycles. The van der Waals surface area contributed by atoms with Crippen LogP contribution in [-0.2, 0) is 9.59 Å². The van der Waals surface area contributed by atoms with Gasteiger partial charge in [-0.25, -0.2) is 10.4 Å². The molecular formula is C19H19N5O3S. The Morgan fingerprint density at radius 1 is 1.32 bits per heavy atom. The van der Waals surface area contributed by atoms with Gasteiger partial charge in [-0.15, -0.1) is 11.8 Å². The number of carbonyl (C=O) groups is 2. The predicted octanol–water partition coefficient (Wildman–Crippen LogP) is 1.92. The first-order valence-electron chi connectivity index (χ1n) is 8.44. The Balaban J connectivity index is 1.54. The fraction of sp³-hybridized carbons (Fsp3) is 0.158. The molecule has 3 rings (SSSR count). The van der Waals surface area contributed by atoms with Crippen molar-refractivity contribution >= 4 is 41.4 Å². The number of guanidine groups is 1. The number of amides is 2. The van der Waals surface area contributed by atoms with Crippen molar-refractivity contribution < 1.29 is 14.7 Å². The maximum absolute atomic E-state index is 12.2. The molecule has 1 heterocycles. The largest absolute Gasteiger partial charge is 0.508 e. The van der Waals surface area contributed by atoms with Crippen molar-refractivity contribution in [2.45, 2.75) is 17.4 Å². The van der Waals surface area contributed by atoms with E-state index < -0.39 is 6.04 Å². The fourth-order valence-corrected chi connectivity index (χ4v) is 2.92. The van der Waals surface area contributed by atoms with Gasteiger partial charge in [0.1, 0.15) is 11.8 Å². The maximum Gasteiger partial charge on any atom is 0.252 e. The van der Waals surface area contributed by atoms with Gasteiger partial charge in [-0.2, -0.15) is 5.10 Å². The van der Waals surface area contributed by atoms with Crippen molar-refractivity contribution in [2.75, 3.05) is 11.6 Å². The smallest absolute Gasteiger partial charge is 0.252 e. The highest BCUT2D eigenvalue weighted by Gasteiger charge is 2.28. The van der Waals surface area contributed by atoms with Crippen LogP contribution in [0.5, 0.6) is 5.75 Å². The minimum Gasteiger partial charge on any atom is -0.508 e. The van der Waals surface area contributed by atoms with Gasteiger partial charge in [0.2, 0.25) is 11.9 Å². The Morgan fingerprint density at radius 2 is 2.11 bits per heavy atom. The standard InChI is InChI=1S/C19H19N5O3S/c1-28-15-4-2-3-13(9-15)21-17(26)10-16-18(27)23-19(22-16)24-20-11-12-5-7-14(25)8-6-12/h2-9,11,16,25H,10H2,1H3,(H,21,26)(H2,22,23,24,27)/b20-11-/t16-/m0/s1. The summed E-state index contributed by atoms with van der Waals surface area (Å²) in [5.41, 5.74) is 4.07. The van der Waals surface area contributed by atoms with Gasteiger partial charge >= 0.3 is 0 Å². The number of carbonyl (C=O) groups excluding carboxylic acids is 2. The average Bonchev–Trinajstić information content (AvgIpc) is 3.02. The molecule has 2 aromatic carbocycles. The summed E-state index contributed by atoms with van der Waals surface area (Å²) in [6.45, 7) is 0. The van der Waals surface area contributed by atoms with Crippen LogP contribution >= 0.6 is 11.8 Å². The first kappa shape index (κ1) is 19.4. The van der Waals surface area contributed by atoms with Gasteiger partial charge in [0.25, 0.3) is 5.91 Å². The van der Waals surface area contributed by atoms with E-state index in [4.69, 9.17) is 0 Å². The lowest BCUT2D eigenvalue weighted by Crippen LogP contribution is -2.35. The van der Waals surface area contributed by atoms with Crippen molar-refractivity contribution in [2.24, 2.45) is 10.1 Å². The van der Waals surface area contributed by atoms with Crippen LogP contribution in [-0.4, -0.2) is 41.4 Å². The Hall–Kier alpha value is -3.33. The van der Waals surface area contributed by atoms with E-state index in [1.54, 1.807) is 42.1 Å². The molecule has 8 nitrogen and oxygen atoms in total. The second-order valence-corrected chi connectivity index (χ2v) is 6.81. The van der Waals surface area contributed by atoms with Crippen molar-refractivity contribution in [3.05, 3.63) is 54.1 Å². The molecule has 28 heavy (non-hydrogen) atoms. The van der Waals surface area contributed by atoms with Gasteiger partial charge in [-0.1, -0.05) is 6.07 Å². The number of phenols is 1.